The van der Waals surface area contributed by atoms with E-state index in [0.717, 1.165) is 16.5 Å². The number of amides is 1. The van der Waals surface area contributed by atoms with Crippen molar-refractivity contribution in [1.29, 1.82) is 0 Å². The van der Waals surface area contributed by atoms with Crippen molar-refractivity contribution in [1.82, 2.24) is 4.31 Å². The number of fused-ring (bicyclic) bond motifs is 1. The molecule has 3 aromatic carbocycles. The van der Waals surface area contributed by atoms with Crippen LogP contribution in [0.25, 0.3) is 10.8 Å². The topological polar surface area (TPSA) is 84.9 Å². The third-order valence-electron chi connectivity index (χ3n) is 5.49. The van der Waals surface area contributed by atoms with Crippen molar-refractivity contribution in [2.45, 2.75) is 31.0 Å². The molecule has 0 unspecified atom stereocenters. The van der Waals surface area contributed by atoms with Crippen LogP contribution in [0.15, 0.2) is 65.6 Å². The van der Waals surface area contributed by atoms with Crippen molar-refractivity contribution in [3.8, 4) is 5.75 Å². The standard InChI is InChI=1S/C24H26N2O5S/c1-16-14-26(15-17(2)31-16)32(28,29)19-10-8-18(9-11-19)24(27)25-22-12-13-23(30-3)21-7-5-4-6-20(21)22/h4-13,16-17H,14-15H2,1-3H3,(H,25,27)/t16-,17-/m0/s1. The van der Waals surface area contributed by atoms with E-state index in [2.05, 4.69) is 5.32 Å². The fraction of sp³-hybridized carbons (Fsp3) is 0.292. The van der Waals surface area contributed by atoms with Crippen LogP contribution in [0.2, 0.25) is 0 Å². The maximum Gasteiger partial charge on any atom is 0.255 e. The molecule has 1 heterocycles. The predicted octanol–water partition coefficient (Wildman–Crippen LogP) is 3.90. The average molecular weight is 455 g/mol. The van der Waals surface area contributed by atoms with E-state index in [4.69, 9.17) is 9.47 Å². The van der Waals surface area contributed by atoms with Gasteiger partial charge in [0.15, 0.2) is 0 Å². The Bertz CT molecular complexity index is 1230. The van der Waals surface area contributed by atoms with Gasteiger partial charge in [0.2, 0.25) is 10.0 Å². The van der Waals surface area contributed by atoms with E-state index in [-0.39, 0.29) is 23.0 Å². The highest BCUT2D eigenvalue weighted by Crippen LogP contribution is 2.31. The number of morpholine rings is 1. The normalized spacial score (nSPS) is 19.6. The molecule has 0 bridgehead atoms. The minimum Gasteiger partial charge on any atom is -0.496 e. The van der Waals surface area contributed by atoms with Crippen LogP contribution in [0.5, 0.6) is 5.75 Å². The molecule has 2 atom stereocenters. The molecule has 1 saturated heterocycles. The van der Waals surface area contributed by atoms with Crippen LogP contribution in [0.4, 0.5) is 5.69 Å². The van der Waals surface area contributed by atoms with E-state index in [1.165, 1.54) is 28.6 Å². The predicted molar refractivity (Wildman–Crippen MR) is 124 cm³/mol. The Balaban J connectivity index is 1.55. The summed E-state index contributed by atoms with van der Waals surface area (Å²) in [5, 5.41) is 4.66. The molecule has 3 aromatic rings. The molecule has 0 radical (unpaired) electrons. The van der Waals surface area contributed by atoms with Gasteiger partial charge in [0.1, 0.15) is 5.75 Å². The van der Waals surface area contributed by atoms with Crippen LogP contribution in [0.1, 0.15) is 24.2 Å². The van der Waals surface area contributed by atoms with Crippen molar-refractivity contribution in [3.63, 3.8) is 0 Å². The molecule has 0 spiro atoms. The second kappa shape index (κ2) is 8.90. The zero-order chi connectivity index (χ0) is 22.9. The number of carbonyl (C=O) groups is 1. The quantitative estimate of drug-likeness (QED) is 0.632. The van der Waals surface area contributed by atoms with E-state index >= 15 is 0 Å². The Hall–Kier alpha value is -2.94. The van der Waals surface area contributed by atoms with Crippen LogP contribution >= 0.6 is 0 Å². The maximum atomic E-state index is 13.0. The number of anilines is 1. The second-order valence-electron chi connectivity index (χ2n) is 7.92. The Morgan fingerprint density at radius 1 is 0.969 bits per heavy atom. The van der Waals surface area contributed by atoms with E-state index in [9.17, 15) is 13.2 Å². The third-order valence-corrected chi connectivity index (χ3v) is 7.34. The highest BCUT2D eigenvalue weighted by molar-refractivity contribution is 7.89. The van der Waals surface area contributed by atoms with Gasteiger partial charge >= 0.3 is 0 Å². The summed E-state index contributed by atoms with van der Waals surface area (Å²) >= 11 is 0. The summed E-state index contributed by atoms with van der Waals surface area (Å²) in [6.07, 6.45) is -0.337. The van der Waals surface area contributed by atoms with Gasteiger partial charge < -0.3 is 14.8 Å². The number of sulfonamides is 1. The first kappa shape index (κ1) is 22.3. The van der Waals surface area contributed by atoms with E-state index in [1.807, 2.05) is 38.1 Å². The van der Waals surface area contributed by atoms with Crippen molar-refractivity contribution < 1.29 is 22.7 Å². The summed E-state index contributed by atoms with van der Waals surface area (Å²) in [4.78, 5) is 13.0. The first-order valence-electron chi connectivity index (χ1n) is 10.4. The second-order valence-corrected chi connectivity index (χ2v) is 9.86. The van der Waals surface area contributed by atoms with Crippen molar-refractivity contribution in [2.75, 3.05) is 25.5 Å². The van der Waals surface area contributed by atoms with Gasteiger partial charge in [-0.05, 0) is 50.2 Å². The van der Waals surface area contributed by atoms with Crippen LogP contribution in [0.3, 0.4) is 0 Å². The van der Waals surface area contributed by atoms with Crippen molar-refractivity contribution in [2.24, 2.45) is 0 Å². The van der Waals surface area contributed by atoms with Gasteiger partial charge in [-0.25, -0.2) is 8.42 Å². The Morgan fingerprint density at radius 2 is 1.59 bits per heavy atom. The molecule has 0 aliphatic carbocycles. The lowest BCUT2D eigenvalue weighted by molar-refractivity contribution is -0.0440. The lowest BCUT2D eigenvalue weighted by Crippen LogP contribution is -2.48. The lowest BCUT2D eigenvalue weighted by atomic mass is 10.1. The first-order chi connectivity index (χ1) is 15.3. The molecular weight excluding hydrogens is 428 g/mol. The van der Waals surface area contributed by atoms with Gasteiger partial charge in [-0.2, -0.15) is 4.31 Å². The minimum absolute atomic E-state index is 0.158. The molecule has 32 heavy (non-hydrogen) atoms. The van der Waals surface area contributed by atoms with Gasteiger partial charge in [0, 0.05) is 35.1 Å². The average Bonchev–Trinajstić information content (AvgIpc) is 2.78. The molecule has 1 N–H and O–H groups in total. The van der Waals surface area contributed by atoms with Crippen LogP contribution in [-0.2, 0) is 14.8 Å². The minimum atomic E-state index is -3.66. The molecule has 1 aliphatic heterocycles. The molecule has 0 saturated carbocycles. The molecule has 1 amide bonds. The van der Waals surface area contributed by atoms with Gasteiger partial charge in [0.05, 0.1) is 24.2 Å². The lowest BCUT2D eigenvalue weighted by Gasteiger charge is -2.34. The number of benzene rings is 3. The van der Waals surface area contributed by atoms with Crippen LogP contribution in [0, 0.1) is 0 Å². The summed E-state index contributed by atoms with van der Waals surface area (Å²) in [6.45, 7) is 4.32. The third kappa shape index (κ3) is 4.34. The summed E-state index contributed by atoms with van der Waals surface area (Å²) < 4.78 is 38.5. The largest absolute Gasteiger partial charge is 0.496 e. The molecule has 0 aromatic heterocycles. The summed E-state index contributed by atoms with van der Waals surface area (Å²) in [5.74, 6) is 0.401. The number of ether oxygens (including phenoxy) is 2. The summed E-state index contributed by atoms with van der Waals surface area (Å²) in [6, 6.07) is 17.2. The molecular formula is C24H26N2O5S. The number of nitrogens with one attached hydrogen (secondary N) is 1. The molecule has 1 aliphatic rings. The van der Waals surface area contributed by atoms with Gasteiger partial charge in [-0.3, -0.25) is 4.79 Å². The van der Waals surface area contributed by atoms with Crippen molar-refractivity contribution in [3.05, 3.63) is 66.2 Å². The SMILES string of the molecule is COc1ccc(NC(=O)c2ccc(S(=O)(=O)N3C[C@H](C)O[C@@H](C)C3)cc2)c2ccccc12. The fourth-order valence-electron chi connectivity index (χ4n) is 4.01. The maximum absolute atomic E-state index is 13.0. The van der Waals surface area contributed by atoms with Gasteiger partial charge in [0.25, 0.3) is 5.91 Å². The smallest absolute Gasteiger partial charge is 0.255 e. The van der Waals surface area contributed by atoms with Gasteiger partial charge in [-0.1, -0.05) is 24.3 Å². The number of hydrogen-bond acceptors (Lipinski definition) is 5. The van der Waals surface area contributed by atoms with Crippen LogP contribution < -0.4 is 10.1 Å². The molecule has 1 fully saturated rings. The van der Waals surface area contributed by atoms with E-state index in [0.29, 0.717) is 24.3 Å². The number of rotatable bonds is 5. The molecule has 4 rings (SSSR count). The highest BCUT2D eigenvalue weighted by Gasteiger charge is 2.32. The molecule has 8 heteroatoms. The van der Waals surface area contributed by atoms with E-state index < -0.39 is 10.0 Å². The van der Waals surface area contributed by atoms with Crippen LogP contribution in [-0.4, -0.2) is 51.0 Å². The fourth-order valence-corrected chi connectivity index (χ4v) is 5.60. The monoisotopic (exact) mass is 454 g/mol. The molecule has 7 nitrogen and oxygen atoms in total. The summed E-state index contributed by atoms with van der Waals surface area (Å²) in [7, 11) is -2.05. The highest BCUT2D eigenvalue weighted by atomic mass is 32.2. The number of methoxy groups -OCH3 is 1. The zero-order valence-corrected chi connectivity index (χ0v) is 19.1. The Morgan fingerprint density at radius 3 is 2.22 bits per heavy atom. The number of hydrogen-bond donors (Lipinski definition) is 1. The Labute approximate surface area is 188 Å². The summed E-state index contributed by atoms with van der Waals surface area (Å²) in [5.41, 5.74) is 1.02. The Kier molecular flexibility index (Phi) is 6.19. The first-order valence-corrected chi connectivity index (χ1v) is 11.9. The van der Waals surface area contributed by atoms with E-state index in [1.54, 1.807) is 19.2 Å². The zero-order valence-electron chi connectivity index (χ0n) is 18.2. The molecule has 168 valence electrons. The van der Waals surface area contributed by atoms with Gasteiger partial charge in [-0.15, -0.1) is 0 Å². The van der Waals surface area contributed by atoms with Crippen molar-refractivity contribution >= 4 is 32.4 Å². The number of nitrogens with zero attached hydrogens (tertiary/aromatic N) is 1. The number of carbonyl (C=O) groups excluding carboxylic acids is 1.